The Bertz CT molecular complexity index is 503. The molecule has 2 rings (SSSR count). The van der Waals surface area contributed by atoms with Crippen molar-refractivity contribution in [2.45, 2.75) is 45.2 Å². The molecule has 1 atom stereocenters. The fourth-order valence-corrected chi connectivity index (χ4v) is 2.33. The first-order valence-electron chi connectivity index (χ1n) is 6.59. The summed E-state index contributed by atoms with van der Waals surface area (Å²) < 4.78 is 1.84. The van der Waals surface area contributed by atoms with Gasteiger partial charge in [0.2, 0.25) is 0 Å². The van der Waals surface area contributed by atoms with Crippen molar-refractivity contribution in [3.8, 4) is 0 Å². The van der Waals surface area contributed by atoms with Gasteiger partial charge in [-0.1, -0.05) is 0 Å². The summed E-state index contributed by atoms with van der Waals surface area (Å²) in [4.78, 5) is 23.7. The summed E-state index contributed by atoms with van der Waals surface area (Å²) in [6.45, 7) is 5.55. The van der Waals surface area contributed by atoms with Crippen LogP contribution in [-0.2, 0) is 4.79 Å². The standard InChI is InChI=1S/C14H20N2O3/c1-9(2)16-8-4-5-11(16)12(17)15-14(3,13(18)19)10-6-7-10/h4-5,8-10H,6-7H2,1-3H3,(H,15,17)(H,18,19). The van der Waals surface area contributed by atoms with E-state index in [1.54, 1.807) is 19.1 Å². The molecule has 1 aromatic heterocycles. The Balaban J connectivity index is 2.20. The van der Waals surface area contributed by atoms with Gasteiger partial charge >= 0.3 is 5.97 Å². The molecule has 1 amide bonds. The zero-order valence-electron chi connectivity index (χ0n) is 11.5. The SMILES string of the molecule is CC(C)n1cccc1C(=O)NC(C)(C(=O)O)C1CC1. The Hall–Kier alpha value is -1.78. The maximum Gasteiger partial charge on any atom is 0.329 e. The van der Waals surface area contributed by atoms with E-state index < -0.39 is 11.5 Å². The average Bonchev–Trinajstić information content (AvgIpc) is 3.05. The van der Waals surface area contributed by atoms with Gasteiger partial charge in [0.05, 0.1) is 0 Å². The molecule has 0 saturated heterocycles. The molecule has 5 nitrogen and oxygen atoms in total. The summed E-state index contributed by atoms with van der Waals surface area (Å²) in [6.07, 6.45) is 3.54. The molecule has 0 bridgehead atoms. The van der Waals surface area contributed by atoms with Crippen molar-refractivity contribution in [3.63, 3.8) is 0 Å². The average molecular weight is 264 g/mol. The number of carboxylic acid groups (broad SMARTS) is 1. The normalized spacial score (nSPS) is 18.1. The zero-order chi connectivity index (χ0) is 14.2. The molecule has 1 fully saturated rings. The fourth-order valence-electron chi connectivity index (χ4n) is 2.33. The van der Waals surface area contributed by atoms with Gasteiger partial charge < -0.3 is 15.0 Å². The largest absolute Gasteiger partial charge is 0.480 e. The van der Waals surface area contributed by atoms with E-state index in [9.17, 15) is 14.7 Å². The van der Waals surface area contributed by atoms with Crippen LogP contribution in [0, 0.1) is 5.92 Å². The Kier molecular flexibility index (Phi) is 3.39. The first-order chi connectivity index (χ1) is 8.86. The van der Waals surface area contributed by atoms with Crippen LogP contribution in [0.15, 0.2) is 18.3 Å². The van der Waals surface area contributed by atoms with E-state index in [1.807, 2.05) is 24.6 Å². The molecule has 19 heavy (non-hydrogen) atoms. The summed E-state index contributed by atoms with van der Waals surface area (Å²) in [5.74, 6) is -1.25. The summed E-state index contributed by atoms with van der Waals surface area (Å²) >= 11 is 0. The van der Waals surface area contributed by atoms with Crippen LogP contribution in [-0.4, -0.2) is 27.1 Å². The Morgan fingerprint density at radius 2 is 2.11 bits per heavy atom. The van der Waals surface area contributed by atoms with Crippen molar-refractivity contribution < 1.29 is 14.7 Å². The van der Waals surface area contributed by atoms with Gasteiger partial charge in [-0.15, -0.1) is 0 Å². The lowest BCUT2D eigenvalue weighted by atomic mass is 9.96. The second kappa shape index (κ2) is 4.72. The van der Waals surface area contributed by atoms with Crippen LogP contribution in [0.25, 0.3) is 0 Å². The van der Waals surface area contributed by atoms with Gasteiger partial charge in [0.15, 0.2) is 0 Å². The molecule has 0 aliphatic heterocycles. The first-order valence-corrected chi connectivity index (χ1v) is 6.59. The van der Waals surface area contributed by atoms with Crippen molar-refractivity contribution in [3.05, 3.63) is 24.0 Å². The minimum atomic E-state index is -1.16. The monoisotopic (exact) mass is 264 g/mol. The Morgan fingerprint density at radius 3 is 2.58 bits per heavy atom. The van der Waals surface area contributed by atoms with Crippen molar-refractivity contribution in [2.24, 2.45) is 5.92 Å². The quantitative estimate of drug-likeness (QED) is 0.855. The highest BCUT2D eigenvalue weighted by atomic mass is 16.4. The lowest BCUT2D eigenvalue weighted by Crippen LogP contribution is -2.54. The molecule has 1 heterocycles. The molecule has 1 saturated carbocycles. The molecule has 0 radical (unpaired) electrons. The third kappa shape index (κ3) is 2.50. The molecule has 104 valence electrons. The van der Waals surface area contributed by atoms with Crippen LogP contribution in [0.4, 0.5) is 0 Å². The Labute approximate surface area is 112 Å². The number of carbonyl (C=O) groups excluding carboxylic acids is 1. The van der Waals surface area contributed by atoms with Gasteiger partial charge in [0.1, 0.15) is 11.2 Å². The predicted octanol–water partition coefficient (Wildman–Crippen LogP) is 2.05. The van der Waals surface area contributed by atoms with Crippen molar-refractivity contribution in [1.82, 2.24) is 9.88 Å². The molecule has 1 aromatic rings. The molecule has 1 aliphatic rings. The van der Waals surface area contributed by atoms with Gasteiger partial charge in [0.25, 0.3) is 5.91 Å². The first kappa shape index (κ1) is 13.6. The second-order valence-electron chi connectivity index (χ2n) is 5.63. The van der Waals surface area contributed by atoms with E-state index in [-0.39, 0.29) is 17.9 Å². The third-order valence-electron chi connectivity index (χ3n) is 3.78. The number of rotatable bonds is 5. The zero-order valence-corrected chi connectivity index (χ0v) is 11.5. The molecule has 2 N–H and O–H groups in total. The highest BCUT2D eigenvalue weighted by Crippen LogP contribution is 2.39. The van der Waals surface area contributed by atoms with Gasteiger partial charge in [-0.2, -0.15) is 0 Å². The molecule has 1 unspecified atom stereocenters. The van der Waals surface area contributed by atoms with E-state index >= 15 is 0 Å². The minimum Gasteiger partial charge on any atom is -0.480 e. The highest BCUT2D eigenvalue weighted by molar-refractivity contribution is 5.97. The molecular formula is C14H20N2O3. The van der Waals surface area contributed by atoms with E-state index in [4.69, 9.17) is 0 Å². The van der Waals surface area contributed by atoms with Crippen molar-refractivity contribution in [1.29, 1.82) is 0 Å². The van der Waals surface area contributed by atoms with Crippen molar-refractivity contribution in [2.75, 3.05) is 0 Å². The fraction of sp³-hybridized carbons (Fsp3) is 0.571. The van der Waals surface area contributed by atoms with E-state index in [0.29, 0.717) is 5.69 Å². The summed E-state index contributed by atoms with van der Waals surface area (Å²) in [5.41, 5.74) is -0.661. The van der Waals surface area contributed by atoms with Crippen LogP contribution in [0.1, 0.15) is 50.1 Å². The molecular weight excluding hydrogens is 244 g/mol. The third-order valence-corrected chi connectivity index (χ3v) is 3.78. The molecule has 5 heteroatoms. The summed E-state index contributed by atoms with van der Waals surface area (Å²) in [6, 6.07) is 3.67. The van der Waals surface area contributed by atoms with E-state index in [0.717, 1.165) is 12.8 Å². The van der Waals surface area contributed by atoms with Crippen LogP contribution < -0.4 is 5.32 Å². The van der Waals surface area contributed by atoms with Gasteiger partial charge in [0, 0.05) is 12.2 Å². The predicted molar refractivity (Wildman–Crippen MR) is 71.0 cm³/mol. The number of aromatic nitrogens is 1. The molecule has 0 aromatic carbocycles. The van der Waals surface area contributed by atoms with Gasteiger partial charge in [-0.25, -0.2) is 4.79 Å². The summed E-state index contributed by atoms with van der Waals surface area (Å²) in [5, 5.41) is 12.0. The number of nitrogens with zero attached hydrogens (tertiary/aromatic N) is 1. The number of carboxylic acids is 1. The number of hydrogen-bond donors (Lipinski definition) is 2. The summed E-state index contributed by atoms with van der Waals surface area (Å²) in [7, 11) is 0. The van der Waals surface area contributed by atoms with Crippen LogP contribution in [0.5, 0.6) is 0 Å². The van der Waals surface area contributed by atoms with Gasteiger partial charge in [-0.3, -0.25) is 4.79 Å². The maximum atomic E-state index is 12.3. The van der Waals surface area contributed by atoms with Crippen LogP contribution in [0.3, 0.4) is 0 Å². The topological polar surface area (TPSA) is 71.3 Å². The lowest BCUT2D eigenvalue weighted by molar-refractivity contribution is -0.144. The van der Waals surface area contributed by atoms with Crippen LogP contribution in [0.2, 0.25) is 0 Å². The number of amides is 1. The number of hydrogen-bond acceptors (Lipinski definition) is 2. The van der Waals surface area contributed by atoms with E-state index in [1.165, 1.54) is 0 Å². The number of carbonyl (C=O) groups is 2. The lowest BCUT2D eigenvalue weighted by Gasteiger charge is -2.26. The number of nitrogens with one attached hydrogen (secondary N) is 1. The van der Waals surface area contributed by atoms with Crippen molar-refractivity contribution >= 4 is 11.9 Å². The van der Waals surface area contributed by atoms with Crippen LogP contribution >= 0.6 is 0 Å². The Morgan fingerprint density at radius 1 is 1.47 bits per heavy atom. The van der Waals surface area contributed by atoms with E-state index in [2.05, 4.69) is 5.32 Å². The second-order valence-corrected chi connectivity index (χ2v) is 5.63. The highest BCUT2D eigenvalue weighted by Gasteiger charge is 2.48. The molecule has 1 aliphatic carbocycles. The maximum absolute atomic E-state index is 12.3. The minimum absolute atomic E-state index is 0.0383. The smallest absolute Gasteiger partial charge is 0.329 e. The van der Waals surface area contributed by atoms with Gasteiger partial charge in [-0.05, 0) is 51.7 Å². The number of aliphatic carboxylic acids is 1. The molecule has 0 spiro atoms.